The van der Waals surface area contributed by atoms with Crippen LogP contribution in [0.5, 0.6) is 0 Å². The molecule has 1 fully saturated rings. The van der Waals surface area contributed by atoms with E-state index in [2.05, 4.69) is 5.32 Å². The van der Waals surface area contributed by atoms with Crippen molar-refractivity contribution in [2.24, 2.45) is 5.92 Å². The lowest BCUT2D eigenvalue weighted by Crippen LogP contribution is -2.34. The van der Waals surface area contributed by atoms with Crippen LogP contribution in [0.15, 0.2) is 18.2 Å². The van der Waals surface area contributed by atoms with E-state index < -0.39 is 0 Å². The van der Waals surface area contributed by atoms with Crippen LogP contribution in [0.25, 0.3) is 0 Å². The molecule has 0 spiro atoms. The van der Waals surface area contributed by atoms with E-state index in [0.29, 0.717) is 17.0 Å². The minimum atomic E-state index is -0.309. The van der Waals surface area contributed by atoms with Gasteiger partial charge in [0.1, 0.15) is 0 Å². The van der Waals surface area contributed by atoms with E-state index in [1.807, 2.05) is 7.05 Å². The van der Waals surface area contributed by atoms with Crippen molar-refractivity contribution in [3.05, 3.63) is 38.9 Å². The lowest BCUT2D eigenvalue weighted by atomic mass is 9.88. The van der Waals surface area contributed by atoms with E-state index in [-0.39, 0.29) is 10.6 Å². The predicted molar refractivity (Wildman–Crippen MR) is 81.2 cm³/mol. The van der Waals surface area contributed by atoms with Crippen LogP contribution in [0.1, 0.15) is 37.7 Å². The smallest absolute Gasteiger partial charge is 0.272 e. The van der Waals surface area contributed by atoms with Crippen LogP contribution in [0.4, 0.5) is 5.69 Å². The van der Waals surface area contributed by atoms with Crippen molar-refractivity contribution in [1.29, 1.82) is 0 Å². The fourth-order valence-electron chi connectivity index (χ4n) is 3.19. The zero-order valence-electron chi connectivity index (χ0n) is 11.8. The number of hydrogen-bond acceptors (Lipinski definition) is 3. The zero-order valence-corrected chi connectivity index (χ0v) is 12.5. The summed E-state index contributed by atoms with van der Waals surface area (Å²) in [5.74, 6) is 0.444. The molecule has 0 bridgehead atoms. The Morgan fingerprint density at radius 1 is 1.35 bits per heavy atom. The molecular weight excluding hydrogens is 276 g/mol. The zero-order chi connectivity index (χ0) is 14.5. The first-order valence-electron chi connectivity index (χ1n) is 7.22. The average molecular weight is 297 g/mol. The second kappa shape index (κ2) is 7.04. The van der Waals surface area contributed by atoms with Gasteiger partial charge in [0.2, 0.25) is 0 Å². The van der Waals surface area contributed by atoms with Gasteiger partial charge in [0.05, 0.1) is 4.92 Å². The molecule has 2 atom stereocenters. The SMILES string of the molecule is CNC1CCCCCC1Cc1cc(Cl)ccc1[N+](=O)[O-]. The molecule has 1 aliphatic rings. The molecule has 0 aliphatic heterocycles. The predicted octanol–water partition coefficient (Wildman–Crippen LogP) is 3.96. The van der Waals surface area contributed by atoms with E-state index in [9.17, 15) is 10.1 Å². The van der Waals surface area contributed by atoms with Gasteiger partial charge in [0, 0.05) is 22.7 Å². The molecule has 1 aliphatic carbocycles. The fraction of sp³-hybridized carbons (Fsp3) is 0.600. The fourth-order valence-corrected chi connectivity index (χ4v) is 3.38. The number of nitro benzene ring substituents is 1. The van der Waals surface area contributed by atoms with Gasteiger partial charge in [0.25, 0.3) is 5.69 Å². The Hall–Kier alpha value is -1.13. The molecule has 0 heterocycles. The average Bonchev–Trinajstić information content (AvgIpc) is 2.63. The maximum Gasteiger partial charge on any atom is 0.272 e. The van der Waals surface area contributed by atoms with Gasteiger partial charge < -0.3 is 5.32 Å². The van der Waals surface area contributed by atoms with Gasteiger partial charge >= 0.3 is 0 Å². The highest BCUT2D eigenvalue weighted by Crippen LogP contribution is 2.31. The van der Waals surface area contributed by atoms with Gasteiger partial charge in [-0.1, -0.05) is 30.9 Å². The van der Waals surface area contributed by atoms with Crippen molar-refractivity contribution in [3.8, 4) is 0 Å². The number of hydrogen-bond donors (Lipinski definition) is 1. The summed E-state index contributed by atoms with van der Waals surface area (Å²) in [6, 6.07) is 5.29. The summed E-state index contributed by atoms with van der Waals surface area (Å²) >= 11 is 6.00. The summed E-state index contributed by atoms with van der Waals surface area (Å²) in [4.78, 5) is 10.8. The van der Waals surface area contributed by atoms with E-state index in [1.165, 1.54) is 25.3 Å². The monoisotopic (exact) mass is 296 g/mol. The third-order valence-corrected chi connectivity index (χ3v) is 4.49. The molecule has 0 radical (unpaired) electrons. The number of nitrogens with zero attached hydrogens (tertiary/aromatic N) is 1. The summed E-state index contributed by atoms with van der Waals surface area (Å²) in [6.07, 6.45) is 6.69. The Labute approximate surface area is 124 Å². The normalized spacial score (nSPS) is 23.3. The molecule has 1 aromatic rings. The van der Waals surface area contributed by atoms with Gasteiger partial charge in [-0.2, -0.15) is 0 Å². The third-order valence-electron chi connectivity index (χ3n) is 4.25. The lowest BCUT2D eigenvalue weighted by Gasteiger charge is -2.24. The first-order chi connectivity index (χ1) is 9.61. The van der Waals surface area contributed by atoms with Crippen LogP contribution in [-0.4, -0.2) is 18.0 Å². The number of halogens is 1. The Kier molecular flexibility index (Phi) is 5.38. The molecule has 5 heteroatoms. The molecule has 0 saturated heterocycles. The Morgan fingerprint density at radius 3 is 2.80 bits per heavy atom. The molecule has 1 saturated carbocycles. The first-order valence-corrected chi connectivity index (χ1v) is 7.59. The minimum Gasteiger partial charge on any atom is -0.317 e. The van der Waals surface area contributed by atoms with E-state index in [0.717, 1.165) is 24.8 Å². The second-order valence-corrected chi connectivity index (χ2v) is 5.96. The van der Waals surface area contributed by atoms with Gasteiger partial charge in [-0.3, -0.25) is 10.1 Å². The molecule has 0 aromatic heterocycles. The van der Waals surface area contributed by atoms with Crippen molar-refractivity contribution in [1.82, 2.24) is 5.32 Å². The Morgan fingerprint density at radius 2 is 2.10 bits per heavy atom. The molecular formula is C15H21ClN2O2. The summed E-state index contributed by atoms with van der Waals surface area (Å²) in [6.45, 7) is 0. The maximum atomic E-state index is 11.1. The molecule has 1 aromatic carbocycles. The molecule has 0 amide bonds. The number of nitrogens with one attached hydrogen (secondary N) is 1. The summed E-state index contributed by atoms with van der Waals surface area (Å²) in [7, 11) is 1.98. The van der Waals surface area contributed by atoms with Crippen LogP contribution in [0, 0.1) is 16.0 Å². The summed E-state index contributed by atoms with van der Waals surface area (Å²) < 4.78 is 0. The number of rotatable bonds is 4. The van der Waals surface area contributed by atoms with E-state index >= 15 is 0 Å². The highest BCUT2D eigenvalue weighted by molar-refractivity contribution is 6.30. The maximum absolute atomic E-state index is 11.1. The van der Waals surface area contributed by atoms with Crippen LogP contribution in [-0.2, 0) is 6.42 Å². The van der Waals surface area contributed by atoms with E-state index in [4.69, 9.17) is 11.6 Å². The molecule has 2 unspecified atom stereocenters. The molecule has 110 valence electrons. The third kappa shape index (κ3) is 3.70. The second-order valence-electron chi connectivity index (χ2n) is 5.53. The standard InChI is InChI=1S/C15H21ClN2O2/c1-17-14-6-4-2-3-5-11(14)9-12-10-13(16)7-8-15(12)18(19)20/h7-8,10-11,14,17H,2-6,9H2,1H3. The van der Waals surface area contributed by atoms with Gasteiger partial charge in [0.15, 0.2) is 0 Å². The van der Waals surface area contributed by atoms with Crippen molar-refractivity contribution < 1.29 is 4.92 Å². The lowest BCUT2D eigenvalue weighted by molar-refractivity contribution is -0.385. The van der Waals surface area contributed by atoms with Gasteiger partial charge in [-0.05, 0) is 44.4 Å². The van der Waals surface area contributed by atoms with E-state index in [1.54, 1.807) is 12.1 Å². The van der Waals surface area contributed by atoms with Crippen molar-refractivity contribution in [2.75, 3.05) is 7.05 Å². The van der Waals surface area contributed by atoms with Crippen LogP contribution < -0.4 is 5.32 Å². The van der Waals surface area contributed by atoms with Crippen LogP contribution in [0.2, 0.25) is 5.02 Å². The molecule has 2 rings (SSSR count). The molecule has 1 N–H and O–H groups in total. The summed E-state index contributed by atoms with van der Waals surface area (Å²) in [5, 5.41) is 15.1. The Bertz CT molecular complexity index is 479. The molecule has 4 nitrogen and oxygen atoms in total. The van der Waals surface area contributed by atoms with Crippen LogP contribution in [0.3, 0.4) is 0 Å². The molecule has 20 heavy (non-hydrogen) atoms. The quantitative estimate of drug-likeness (QED) is 0.520. The van der Waals surface area contributed by atoms with Gasteiger partial charge in [-0.25, -0.2) is 0 Å². The largest absolute Gasteiger partial charge is 0.317 e. The van der Waals surface area contributed by atoms with Crippen molar-refractivity contribution in [3.63, 3.8) is 0 Å². The van der Waals surface area contributed by atoms with Crippen molar-refractivity contribution in [2.45, 2.75) is 44.6 Å². The number of nitro groups is 1. The number of benzene rings is 1. The minimum absolute atomic E-state index is 0.188. The van der Waals surface area contributed by atoms with Crippen molar-refractivity contribution >= 4 is 17.3 Å². The summed E-state index contributed by atoms with van der Waals surface area (Å²) in [5.41, 5.74) is 0.947. The highest BCUT2D eigenvalue weighted by atomic mass is 35.5. The topological polar surface area (TPSA) is 55.2 Å². The Balaban J connectivity index is 2.22. The van der Waals surface area contributed by atoms with Crippen LogP contribution >= 0.6 is 11.6 Å². The van der Waals surface area contributed by atoms with Gasteiger partial charge in [-0.15, -0.1) is 0 Å². The first kappa shape index (κ1) is 15.3. The highest BCUT2D eigenvalue weighted by Gasteiger charge is 2.25.